The summed E-state index contributed by atoms with van der Waals surface area (Å²) < 4.78 is 45.0. The van der Waals surface area contributed by atoms with Crippen molar-refractivity contribution in [3.8, 4) is 40.1 Å². The Morgan fingerprint density at radius 3 is 1.77 bits per heavy atom. The van der Waals surface area contributed by atoms with Gasteiger partial charge < -0.3 is 104 Å². The average Bonchev–Trinajstić information content (AvgIpc) is 3.18. The van der Waals surface area contributed by atoms with Crippen LogP contribution < -0.4 is 19.6 Å². The molecule has 56 heavy (non-hydrogen) atoms. The minimum atomic E-state index is -2.03. The van der Waals surface area contributed by atoms with Crippen molar-refractivity contribution in [3.63, 3.8) is 0 Å². The van der Waals surface area contributed by atoms with Crippen LogP contribution in [0.3, 0.4) is 0 Å². The van der Waals surface area contributed by atoms with Crippen LogP contribution >= 0.6 is 0 Å². The molecule has 0 aliphatic carbocycles. The lowest BCUT2D eigenvalue weighted by Gasteiger charge is -2.45. The van der Waals surface area contributed by atoms with E-state index in [1.54, 1.807) is 0 Å². The van der Waals surface area contributed by atoms with Crippen LogP contribution in [-0.4, -0.2) is 185 Å². The second-order valence-corrected chi connectivity index (χ2v) is 13.2. The highest BCUT2D eigenvalue weighted by molar-refractivity contribution is 5.88. The van der Waals surface area contributed by atoms with Crippen LogP contribution in [0.1, 0.15) is 0 Å². The van der Waals surface area contributed by atoms with Crippen LogP contribution in [0.15, 0.2) is 39.5 Å². The lowest BCUT2D eigenvalue weighted by molar-refractivity contribution is -0.358. The second kappa shape index (κ2) is 16.9. The van der Waals surface area contributed by atoms with Gasteiger partial charge in [-0.3, -0.25) is 4.79 Å². The monoisotopic (exact) mass is 802 g/mol. The molecule has 4 heterocycles. The first-order valence-corrected chi connectivity index (χ1v) is 17.1. The number of benzene rings is 2. The summed E-state index contributed by atoms with van der Waals surface area (Å²) in [5.74, 6) is -2.79. The van der Waals surface area contributed by atoms with E-state index >= 15 is 0 Å². The normalized spacial score (nSPS) is 36.3. The van der Waals surface area contributed by atoms with E-state index in [1.807, 2.05) is 0 Å². The first kappa shape index (κ1) is 41.7. The predicted molar refractivity (Wildman–Crippen MR) is 179 cm³/mol. The number of aliphatic hydroxyl groups excluding tert-OH is 11. The summed E-state index contributed by atoms with van der Waals surface area (Å²) in [4.78, 5) is 14.3. The lowest BCUT2D eigenvalue weighted by Crippen LogP contribution is -2.65. The number of aliphatic hydroxyl groups is 11. The molecule has 3 fully saturated rings. The molecule has 0 unspecified atom stereocenters. The number of rotatable bonds is 11. The van der Waals surface area contributed by atoms with Gasteiger partial charge >= 0.3 is 0 Å². The highest BCUT2D eigenvalue weighted by Gasteiger charge is 2.52. The zero-order valence-corrected chi connectivity index (χ0v) is 29.2. The van der Waals surface area contributed by atoms with Gasteiger partial charge in [-0.1, -0.05) is 0 Å². The number of fused-ring (bicyclic) bond motifs is 1. The van der Waals surface area contributed by atoms with Gasteiger partial charge in [0.05, 0.1) is 26.9 Å². The summed E-state index contributed by atoms with van der Waals surface area (Å²) in [6.45, 7) is -2.52. The van der Waals surface area contributed by atoms with Gasteiger partial charge in [0.1, 0.15) is 89.6 Å². The van der Waals surface area contributed by atoms with E-state index in [4.69, 9.17) is 37.6 Å². The molecule has 310 valence electrons. The number of hydrogen-bond donors (Lipinski definition) is 13. The molecule has 3 saturated heterocycles. The number of phenols is 2. The maximum atomic E-state index is 14.3. The van der Waals surface area contributed by atoms with Crippen molar-refractivity contribution in [2.75, 3.05) is 26.9 Å². The van der Waals surface area contributed by atoms with Crippen molar-refractivity contribution >= 4 is 11.0 Å². The van der Waals surface area contributed by atoms with Crippen LogP contribution in [-0.2, 0) is 18.9 Å². The van der Waals surface area contributed by atoms with Gasteiger partial charge in [-0.2, -0.15) is 0 Å². The molecule has 2 aromatic carbocycles. The third-order valence-electron chi connectivity index (χ3n) is 9.65. The smallest absolute Gasteiger partial charge is 0.239 e. The third kappa shape index (κ3) is 7.70. The highest BCUT2D eigenvalue weighted by atomic mass is 16.8. The van der Waals surface area contributed by atoms with Gasteiger partial charge in [0.15, 0.2) is 29.7 Å². The Morgan fingerprint density at radius 1 is 0.625 bits per heavy atom. The van der Waals surface area contributed by atoms with Crippen LogP contribution in [0, 0.1) is 0 Å². The third-order valence-corrected chi connectivity index (χ3v) is 9.65. The summed E-state index contributed by atoms with van der Waals surface area (Å²) >= 11 is 0. The van der Waals surface area contributed by atoms with Crippen molar-refractivity contribution < 1.29 is 104 Å². The Kier molecular flexibility index (Phi) is 12.6. The van der Waals surface area contributed by atoms with E-state index in [1.165, 1.54) is 25.3 Å². The fourth-order valence-corrected chi connectivity index (χ4v) is 6.49. The molecule has 0 bridgehead atoms. The molecule has 13 N–H and O–H groups in total. The summed E-state index contributed by atoms with van der Waals surface area (Å²) in [6, 6.07) is 5.63. The van der Waals surface area contributed by atoms with Crippen molar-refractivity contribution in [2.24, 2.45) is 0 Å². The van der Waals surface area contributed by atoms with Gasteiger partial charge in [0, 0.05) is 17.7 Å². The van der Waals surface area contributed by atoms with Crippen LogP contribution in [0.4, 0.5) is 0 Å². The van der Waals surface area contributed by atoms with Gasteiger partial charge in [-0.05, 0) is 18.2 Å². The number of phenolic OH excluding ortho intramolecular Hbond substituents is 2. The fraction of sp³-hybridized carbons (Fsp3) is 0.559. The summed E-state index contributed by atoms with van der Waals surface area (Å²) in [5.41, 5.74) is -1.54. The Balaban J connectivity index is 1.44. The Bertz CT molecular complexity index is 1880. The molecule has 3 aromatic rings. The zero-order valence-electron chi connectivity index (χ0n) is 29.2. The maximum absolute atomic E-state index is 14.3. The van der Waals surface area contributed by atoms with Crippen molar-refractivity contribution in [3.05, 3.63) is 40.6 Å². The average molecular weight is 803 g/mol. The summed E-state index contributed by atoms with van der Waals surface area (Å²) in [7, 11) is 1.23. The molecule has 0 spiro atoms. The molecule has 0 radical (unpaired) electrons. The summed E-state index contributed by atoms with van der Waals surface area (Å²) in [6.07, 6.45) is -26.9. The number of methoxy groups -OCH3 is 1. The van der Waals surface area contributed by atoms with Gasteiger partial charge in [-0.15, -0.1) is 0 Å². The molecule has 1 aromatic heterocycles. The molecule has 3 aliphatic rings. The highest BCUT2D eigenvalue weighted by Crippen LogP contribution is 2.41. The van der Waals surface area contributed by atoms with E-state index in [2.05, 4.69) is 0 Å². The van der Waals surface area contributed by atoms with Crippen LogP contribution in [0.5, 0.6) is 28.7 Å². The molecular formula is C34H42O22. The van der Waals surface area contributed by atoms with Crippen LogP contribution in [0.2, 0.25) is 0 Å². The zero-order chi connectivity index (χ0) is 40.7. The first-order chi connectivity index (χ1) is 26.6. The molecule has 22 nitrogen and oxygen atoms in total. The number of aromatic hydroxyl groups is 2. The summed E-state index contributed by atoms with van der Waals surface area (Å²) in [5, 5.41) is 134. The number of ether oxygens (including phenoxy) is 7. The SMILES string of the molecule is COc1cc(-c2oc3cc(O[C@@H]4O[C@@H](CO)[C@@H](O)[C@H](O)[C@H]4O)cc(O)c3c(=O)c2O[C@@H]2O[C@H](CO)[C@H](O)[C@H](O)[C@@H]2O[C@@H]2O[C@@H](CO)[C@@H](O)[C@@H](O)[C@H]2O)ccc1O. The fourth-order valence-electron chi connectivity index (χ4n) is 6.49. The second-order valence-electron chi connectivity index (χ2n) is 13.2. The van der Waals surface area contributed by atoms with E-state index < -0.39 is 146 Å². The van der Waals surface area contributed by atoms with Gasteiger partial charge in [-0.25, -0.2) is 0 Å². The number of hydrogen-bond acceptors (Lipinski definition) is 22. The van der Waals surface area contributed by atoms with Crippen molar-refractivity contribution in [1.82, 2.24) is 0 Å². The minimum absolute atomic E-state index is 0.0186. The van der Waals surface area contributed by atoms with E-state index in [0.29, 0.717) is 0 Å². The van der Waals surface area contributed by atoms with Gasteiger partial charge in [0.25, 0.3) is 0 Å². The Hall–Kier alpha value is -3.95. The van der Waals surface area contributed by atoms with E-state index in [9.17, 15) is 71.2 Å². The standard InChI is InChI=1S/C34H42O22/c1-49-14-4-10(2-3-12(14)38)29-30(23(43)19-13(39)5-11(6-15(19)51-29)50-32-27(47)24(44)20(40)16(7-35)52-32)55-34-31(26(46)22(42)18(9-37)54-34)56-33-28(48)25(45)21(41)17(8-36)53-33/h2-6,16-18,20-22,24-28,31-42,44-48H,7-9H2,1H3/t16-,17-,18+,20+,21+,22-,24-,25+,26-,27+,28+,31-,32+,33-,34-/m0/s1. The Morgan fingerprint density at radius 2 is 1.18 bits per heavy atom. The molecule has 15 atom stereocenters. The molecule has 0 saturated carbocycles. The molecule has 22 heteroatoms. The van der Waals surface area contributed by atoms with E-state index in [-0.39, 0.29) is 22.8 Å². The van der Waals surface area contributed by atoms with Crippen molar-refractivity contribution in [1.29, 1.82) is 0 Å². The van der Waals surface area contributed by atoms with Gasteiger partial charge in [0.2, 0.25) is 23.8 Å². The minimum Gasteiger partial charge on any atom is -0.507 e. The molecule has 3 aliphatic heterocycles. The predicted octanol–water partition coefficient (Wildman–Crippen LogP) is -4.94. The van der Waals surface area contributed by atoms with Crippen molar-refractivity contribution in [2.45, 2.75) is 92.1 Å². The molecular weight excluding hydrogens is 760 g/mol. The quantitative estimate of drug-likeness (QED) is 0.0863. The largest absolute Gasteiger partial charge is 0.507 e. The first-order valence-electron chi connectivity index (χ1n) is 17.1. The maximum Gasteiger partial charge on any atom is 0.239 e. The molecule has 6 rings (SSSR count). The molecule has 0 amide bonds. The van der Waals surface area contributed by atoms with Crippen LogP contribution in [0.25, 0.3) is 22.3 Å². The topological polar surface area (TPSA) is 358 Å². The van der Waals surface area contributed by atoms with E-state index in [0.717, 1.165) is 12.1 Å². The Labute approximate surface area is 314 Å². The lowest BCUT2D eigenvalue weighted by atomic mass is 9.97.